The lowest BCUT2D eigenvalue weighted by atomic mass is 9.89. The maximum absolute atomic E-state index is 12.9. The van der Waals surface area contributed by atoms with Crippen molar-refractivity contribution in [2.45, 2.75) is 38.3 Å². The molecule has 0 aliphatic carbocycles. The summed E-state index contributed by atoms with van der Waals surface area (Å²) in [6.45, 7) is 5.77. The normalized spacial score (nSPS) is 21.4. The van der Waals surface area contributed by atoms with E-state index in [2.05, 4.69) is 5.10 Å². The van der Waals surface area contributed by atoms with E-state index in [0.717, 1.165) is 0 Å². The highest BCUT2D eigenvalue weighted by molar-refractivity contribution is 7.91. The van der Waals surface area contributed by atoms with Gasteiger partial charge < -0.3 is 9.84 Å². The number of hydrogen-bond acceptors (Lipinski definition) is 6. The average molecular weight is 378 g/mol. The fourth-order valence-corrected chi connectivity index (χ4v) is 5.57. The van der Waals surface area contributed by atoms with Crippen molar-refractivity contribution in [2.24, 2.45) is 5.92 Å². The first-order valence-corrected chi connectivity index (χ1v) is 10.1. The minimum absolute atomic E-state index is 0.00922. The van der Waals surface area contributed by atoms with Gasteiger partial charge in [-0.3, -0.25) is 4.79 Å². The average Bonchev–Trinajstić information content (AvgIpc) is 2.95. The number of nitrogens with zero attached hydrogens (tertiary/aromatic N) is 2. The maximum atomic E-state index is 12.9. The standard InChI is InChI=1S/C18H22N2O5S/c1-5-20-18(22)13(8-19-20)16(21)12-6-7-14-15(11(12)3)17(25-4)10(2)9-26(14,23)24/h6-8,10,17,22H,5,9H2,1-4H3. The van der Waals surface area contributed by atoms with E-state index < -0.39 is 21.7 Å². The molecular formula is C18H22N2O5S. The Bertz CT molecular complexity index is 978. The van der Waals surface area contributed by atoms with Crippen LogP contribution in [0.1, 0.15) is 47.0 Å². The first kappa shape index (κ1) is 18.6. The summed E-state index contributed by atoms with van der Waals surface area (Å²) in [4.78, 5) is 13.2. The van der Waals surface area contributed by atoms with Gasteiger partial charge in [-0.25, -0.2) is 13.1 Å². The van der Waals surface area contributed by atoms with Crippen LogP contribution in [0.4, 0.5) is 0 Å². The quantitative estimate of drug-likeness (QED) is 0.820. The molecule has 0 radical (unpaired) electrons. The Balaban J connectivity index is 2.18. The Labute approximate surface area is 152 Å². The van der Waals surface area contributed by atoms with Crippen LogP contribution in [0.5, 0.6) is 5.88 Å². The predicted molar refractivity (Wildman–Crippen MR) is 95.1 cm³/mol. The number of fused-ring (bicyclic) bond motifs is 1. The summed E-state index contributed by atoms with van der Waals surface area (Å²) in [7, 11) is -1.89. The van der Waals surface area contributed by atoms with Crippen molar-refractivity contribution < 1.29 is 23.1 Å². The molecule has 2 heterocycles. The van der Waals surface area contributed by atoms with Crippen molar-refractivity contribution >= 4 is 15.6 Å². The second kappa shape index (κ2) is 6.51. The summed E-state index contributed by atoms with van der Waals surface area (Å²) < 4.78 is 32.0. The first-order valence-electron chi connectivity index (χ1n) is 8.41. The van der Waals surface area contributed by atoms with Crippen LogP contribution in [0.3, 0.4) is 0 Å². The van der Waals surface area contributed by atoms with Gasteiger partial charge in [0.15, 0.2) is 15.6 Å². The lowest BCUT2D eigenvalue weighted by Gasteiger charge is -2.32. The van der Waals surface area contributed by atoms with Gasteiger partial charge in [-0.2, -0.15) is 5.10 Å². The molecule has 1 aliphatic rings. The molecule has 1 aromatic heterocycles. The Hall–Kier alpha value is -2.19. The second-order valence-corrected chi connectivity index (χ2v) is 8.59. The molecule has 3 rings (SSSR count). The molecule has 1 aliphatic heterocycles. The second-order valence-electron chi connectivity index (χ2n) is 6.59. The topological polar surface area (TPSA) is 98.5 Å². The molecule has 2 atom stereocenters. The van der Waals surface area contributed by atoms with Crippen LogP contribution in [0.15, 0.2) is 23.2 Å². The molecule has 1 N–H and O–H groups in total. The maximum Gasteiger partial charge on any atom is 0.220 e. The minimum atomic E-state index is -3.43. The predicted octanol–water partition coefficient (Wildman–Crippen LogP) is 2.26. The highest BCUT2D eigenvalue weighted by Crippen LogP contribution is 2.41. The van der Waals surface area contributed by atoms with E-state index in [1.54, 1.807) is 13.8 Å². The van der Waals surface area contributed by atoms with E-state index in [-0.39, 0.29) is 28.0 Å². The fourth-order valence-electron chi connectivity index (χ4n) is 3.65. The van der Waals surface area contributed by atoms with E-state index in [0.29, 0.717) is 23.2 Å². The van der Waals surface area contributed by atoms with Gasteiger partial charge in [0.25, 0.3) is 0 Å². The Morgan fingerprint density at radius 1 is 1.38 bits per heavy atom. The molecule has 0 spiro atoms. The van der Waals surface area contributed by atoms with Crippen LogP contribution in [-0.2, 0) is 21.1 Å². The minimum Gasteiger partial charge on any atom is -0.493 e. The zero-order chi connectivity index (χ0) is 19.2. The molecule has 26 heavy (non-hydrogen) atoms. The van der Waals surface area contributed by atoms with E-state index in [1.165, 1.54) is 30.1 Å². The molecule has 7 nitrogen and oxygen atoms in total. The van der Waals surface area contributed by atoms with Crippen molar-refractivity contribution in [1.82, 2.24) is 9.78 Å². The summed E-state index contributed by atoms with van der Waals surface area (Å²) in [6, 6.07) is 2.96. The van der Waals surface area contributed by atoms with Crippen LogP contribution in [-0.4, -0.2) is 42.0 Å². The van der Waals surface area contributed by atoms with Crippen LogP contribution >= 0.6 is 0 Å². The van der Waals surface area contributed by atoms with E-state index >= 15 is 0 Å². The van der Waals surface area contributed by atoms with Crippen molar-refractivity contribution in [2.75, 3.05) is 12.9 Å². The largest absolute Gasteiger partial charge is 0.493 e. The van der Waals surface area contributed by atoms with Crippen LogP contribution in [0.2, 0.25) is 0 Å². The third kappa shape index (κ3) is 2.73. The third-order valence-corrected chi connectivity index (χ3v) is 6.94. The van der Waals surface area contributed by atoms with Crippen LogP contribution in [0, 0.1) is 12.8 Å². The van der Waals surface area contributed by atoms with Gasteiger partial charge in [0.1, 0.15) is 5.56 Å². The van der Waals surface area contributed by atoms with Gasteiger partial charge in [0.2, 0.25) is 5.88 Å². The molecule has 140 valence electrons. The fraction of sp³-hybridized carbons (Fsp3) is 0.444. The van der Waals surface area contributed by atoms with E-state index in [9.17, 15) is 18.3 Å². The van der Waals surface area contributed by atoms with Crippen molar-refractivity contribution in [3.05, 3.63) is 40.6 Å². The third-order valence-electron chi connectivity index (χ3n) is 4.95. The SMILES string of the molecule is CCn1ncc(C(=O)c2ccc3c(c2C)C(OC)C(C)CS3(=O)=O)c1O. The highest BCUT2D eigenvalue weighted by atomic mass is 32.2. The number of hydrogen-bond donors (Lipinski definition) is 1. The number of sulfone groups is 1. The lowest BCUT2D eigenvalue weighted by Crippen LogP contribution is -2.30. The Morgan fingerprint density at radius 2 is 2.08 bits per heavy atom. The van der Waals surface area contributed by atoms with E-state index in [1.807, 2.05) is 6.92 Å². The lowest BCUT2D eigenvalue weighted by molar-refractivity contribution is 0.0603. The number of aromatic hydroxyl groups is 1. The van der Waals surface area contributed by atoms with Gasteiger partial charge in [0.05, 0.1) is 22.9 Å². The molecule has 0 bridgehead atoms. The summed E-state index contributed by atoms with van der Waals surface area (Å²) in [5, 5.41) is 14.2. The zero-order valence-corrected chi connectivity index (χ0v) is 16.0. The molecule has 2 aromatic rings. The molecule has 0 fully saturated rings. The number of aromatic nitrogens is 2. The number of carbonyl (C=O) groups is 1. The molecule has 0 amide bonds. The molecular weight excluding hydrogens is 356 g/mol. The Morgan fingerprint density at radius 3 is 2.65 bits per heavy atom. The summed E-state index contributed by atoms with van der Waals surface area (Å²) in [5.74, 6) is -0.806. The number of methoxy groups -OCH3 is 1. The van der Waals surface area contributed by atoms with Crippen molar-refractivity contribution in [3.63, 3.8) is 0 Å². The van der Waals surface area contributed by atoms with Gasteiger partial charge in [0, 0.05) is 30.7 Å². The highest BCUT2D eigenvalue weighted by Gasteiger charge is 2.38. The molecule has 8 heteroatoms. The number of benzene rings is 1. The molecule has 0 saturated carbocycles. The first-order chi connectivity index (χ1) is 12.2. The number of carbonyl (C=O) groups excluding carboxylic acids is 1. The summed E-state index contributed by atoms with van der Waals surface area (Å²) in [5.41, 5.74) is 1.51. The van der Waals surface area contributed by atoms with Gasteiger partial charge >= 0.3 is 0 Å². The van der Waals surface area contributed by atoms with Crippen molar-refractivity contribution in [1.29, 1.82) is 0 Å². The molecule has 0 saturated heterocycles. The summed E-state index contributed by atoms with van der Waals surface area (Å²) in [6.07, 6.45) is 0.918. The monoisotopic (exact) mass is 378 g/mol. The Kier molecular flexibility index (Phi) is 4.66. The number of aryl methyl sites for hydroxylation is 1. The smallest absolute Gasteiger partial charge is 0.220 e. The van der Waals surface area contributed by atoms with Crippen molar-refractivity contribution in [3.8, 4) is 5.88 Å². The number of ketones is 1. The molecule has 1 aromatic carbocycles. The van der Waals surface area contributed by atoms with Crippen LogP contribution in [0.25, 0.3) is 0 Å². The number of rotatable bonds is 4. The summed E-state index contributed by atoms with van der Waals surface area (Å²) >= 11 is 0. The zero-order valence-electron chi connectivity index (χ0n) is 15.2. The van der Waals surface area contributed by atoms with Crippen LogP contribution < -0.4 is 0 Å². The van der Waals surface area contributed by atoms with Gasteiger partial charge in [-0.05, 0) is 31.5 Å². The number of ether oxygens (including phenoxy) is 1. The van der Waals surface area contributed by atoms with Gasteiger partial charge in [-0.15, -0.1) is 0 Å². The van der Waals surface area contributed by atoms with E-state index in [4.69, 9.17) is 4.74 Å². The van der Waals surface area contributed by atoms with Gasteiger partial charge in [-0.1, -0.05) is 6.92 Å². The molecule has 2 unspecified atom stereocenters.